The van der Waals surface area contributed by atoms with Gasteiger partial charge in [-0.3, -0.25) is 9.59 Å². The number of amides is 2. The van der Waals surface area contributed by atoms with Crippen LogP contribution in [0.2, 0.25) is 0 Å². The van der Waals surface area contributed by atoms with E-state index in [2.05, 4.69) is 11.4 Å². The average Bonchev–Trinajstić information content (AvgIpc) is 3.61. The zero-order valence-corrected chi connectivity index (χ0v) is 22.0. The normalized spacial score (nSPS) is 15.3. The molecule has 2 aliphatic rings. The highest BCUT2D eigenvalue weighted by molar-refractivity contribution is 5.88. The van der Waals surface area contributed by atoms with Gasteiger partial charge in [0.2, 0.25) is 18.6 Å². The number of rotatable bonds is 10. The highest BCUT2D eigenvalue weighted by Crippen LogP contribution is 2.33. The molecule has 1 heterocycles. The lowest BCUT2D eigenvalue weighted by Crippen LogP contribution is -2.52. The van der Waals surface area contributed by atoms with Crippen molar-refractivity contribution in [2.45, 2.75) is 70.5 Å². The predicted molar refractivity (Wildman–Crippen MR) is 147 cm³/mol. The Morgan fingerprint density at radius 2 is 1.66 bits per heavy atom. The lowest BCUT2D eigenvalue weighted by Gasteiger charge is -2.32. The first-order chi connectivity index (χ1) is 18.5. The summed E-state index contributed by atoms with van der Waals surface area (Å²) in [6.45, 7) is 2.65. The molecule has 0 spiro atoms. The van der Waals surface area contributed by atoms with Gasteiger partial charge in [0.15, 0.2) is 11.5 Å². The number of carbonyl (C=O) groups is 2. The first-order valence-corrected chi connectivity index (χ1v) is 13.6. The van der Waals surface area contributed by atoms with Gasteiger partial charge in [0.1, 0.15) is 6.04 Å². The molecule has 1 N–H and O–H groups in total. The molecule has 0 saturated heterocycles. The van der Waals surface area contributed by atoms with Gasteiger partial charge in [-0.1, -0.05) is 79.1 Å². The number of fused-ring (bicyclic) bond motifs is 1. The maximum Gasteiger partial charge on any atom is 0.243 e. The largest absolute Gasteiger partial charge is 0.454 e. The monoisotopic (exact) mass is 512 g/mol. The maximum absolute atomic E-state index is 13.9. The van der Waals surface area contributed by atoms with Crippen LogP contribution in [0.4, 0.5) is 0 Å². The van der Waals surface area contributed by atoms with Gasteiger partial charge in [0.25, 0.3) is 0 Å². The van der Waals surface area contributed by atoms with Crippen molar-refractivity contribution in [3.05, 3.63) is 95.1 Å². The highest BCUT2D eigenvalue weighted by Gasteiger charge is 2.32. The van der Waals surface area contributed by atoms with Gasteiger partial charge in [-0.2, -0.15) is 0 Å². The predicted octanol–water partition coefficient (Wildman–Crippen LogP) is 5.36. The van der Waals surface area contributed by atoms with Gasteiger partial charge in [0, 0.05) is 25.4 Å². The second-order valence-corrected chi connectivity index (χ2v) is 10.4. The zero-order chi connectivity index (χ0) is 26.3. The first-order valence-electron chi connectivity index (χ1n) is 13.6. The maximum atomic E-state index is 13.9. The van der Waals surface area contributed by atoms with Gasteiger partial charge in [-0.05, 0) is 55.0 Å². The molecule has 1 aliphatic carbocycles. The van der Waals surface area contributed by atoms with E-state index in [0.29, 0.717) is 31.6 Å². The number of hydrogen-bond acceptors (Lipinski definition) is 4. The fourth-order valence-corrected chi connectivity index (χ4v) is 5.42. The van der Waals surface area contributed by atoms with Crippen molar-refractivity contribution in [2.24, 2.45) is 0 Å². The van der Waals surface area contributed by atoms with Gasteiger partial charge in [-0.25, -0.2) is 0 Å². The van der Waals surface area contributed by atoms with E-state index in [1.54, 1.807) is 4.90 Å². The summed E-state index contributed by atoms with van der Waals surface area (Å²) in [4.78, 5) is 29.5. The minimum Gasteiger partial charge on any atom is -0.454 e. The summed E-state index contributed by atoms with van der Waals surface area (Å²) in [5.74, 6) is 1.34. The summed E-state index contributed by atoms with van der Waals surface area (Å²) in [5.41, 5.74) is 4.20. The molecule has 5 rings (SSSR count). The Labute approximate surface area is 225 Å². The second-order valence-electron chi connectivity index (χ2n) is 10.4. The summed E-state index contributed by atoms with van der Waals surface area (Å²) in [5, 5.41) is 3.27. The van der Waals surface area contributed by atoms with Crippen molar-refractivity contribution in [2.75, 3.05) is 6.79 Å². The Balaban J connectivity index is 1.40. The van der Waals surface area contributed by atoms with Crippen LogP contribution in [0.5, 0.6) is 11.5 Å². The highest BCUT2D eigenvalue weighted by atomic mass is 16.7. The molecule has 1 aliphatic heterocycles. The minimum absolute atomic E-state index is 0.0355. The minimum atomic E-state index is -0.595. The fourth-order valence-electron chi connectivity index (χ4n) is 5.42. The molecule has 1 saturated carbocycles. The van der Waals surface area contributed by atoms with Crippen LogP contribution in [-0.2, 0) is 29.0 Å². The number of aryl methyl sites for hydroxylation is 2. The zero-order valence-electron chi connectivity index (χ0n) is 22.0. The molecule has 198 valence electrons. The number of nitrogens with zero attached hydrogens (tertiary/aromatic N) is 1. The number of ether oxygens (including phenoxy) is 2. The third-order valence-electron chi connectivity index (χ3n) is 7.47. The summed E-state index contributed by atoms with van der Waals surface area (Å²) >= 11 is 0. The topological polar surface area (TPSA) is 67.9 Å². The van der Waals surface area contributed by atoms with E-state index in [-0.39, 0.29) is 24.6 Å². The lowest BCUT2D eigenvalue weighted by molar-refractivity contribution is -0.141. The summed E-state index contributed by atoms with van der Waals surface area (Å²) in [7, 11) is 0. The average molecular weight is 513 g/mol. The SMILES string of the molecule is Cc1cccc(CN(C(=O)CCc2ccc3c(c2)OCO3)[C@@H](Cc2ccccc2)C(=O)NC2CCCC2)c1. The van der Waals surface area contributed by atoms with E-state index in [1.807, 2.05) is 73.7 Å². The third-order valence-corrected chi connectivity index (χ3v) is 7.47. The molecule has 0 radical (unpaired) electrons. The van der Waals surface area contributed by atoms with E-state index in [0.717, 1.165) is 53.7 Å². The molecule has 2 amide bonds. The molecule has 3 aromatic rings. The number of nitrogens with one attached hydrogen (secondary N) is 1. The molecule has 3 aromatic carbocycles. The van der Waals surface area contributed by atoms with Crippen LogP contribution in [0.3, 0.4) is 0 Å². The standard InChI is InChI=1S/C32H36N2O4/c1-23-8-7-11-26(18-23)21-34(31(35)17-15-25-14-16-29-30(20-25)38-22-37-29)28(19-24-9-3-2-4-10-24)32(36)33-27-12-5-6-13-27/h2-4,7-11,14,16,18,20,27-28H,5-6,12-13,15,17,19,21-22H2,1H3,(H,33,36)/t28-/m0/s1. The van der Waals surface area contributed by atoms with Crippen LogP contribution in [0, 0.1) is 6.92 Å². The van der Waals surface area contributed by atoms with Gasteiger partial charge >= 0.3 is 0 Å². The first kappa shape index (κ1) is 25.8. The Morgan fingerprint density at radius 3 is 2.45 bits per heavy atom. The molecule has 38 heavy (non-hydrogen) atoms. The molecule has 1 atom stereocenters. The molecule has 0 bridgehead atoms. The van der Waals surface area contributed by atoms with Crippen molar-refractivity contribution < 1.29 is 19.1 Å². The van der Waals surface area contributed by atoms with Crippen LogP contribution >= 0.6 is 0 Å². The van der Waals surface area contributed by atoms with Gasteiger partial charge in [0.05, 0.1) is 0 Å². The van der Waals surface area contributed by atoms with Crippen LogP contribution in [0.1, 0.15) is 54.4 Å². The second kappa shape index (κ2) is 12.2. The summed E-state index contributed by atoms with van der Waals surface area (Å²) in [6, 6.07) is 23.5. The van der Waals surface area contributed by atoms with Gasteiger partial charge in [-0.15, -0.1) is 0 Å². The van der Waals surface area contributed by atoms with E-state index in [9.17, 15) is 9.59 Å². The van der Waals surface area contributed by atoms with Crippen molar-refractivity contribution in [3.63, 3.8) is 0 Å². The molecule has 0 unspecified atom stereocenters. The van der Waals surface area contributed by atoms with Gasteiger partial charge < -0.3 is 19.7 Å². The smallest absolute Gasteiger partial charge is 0.243 e. The van der Waals surface area contributed by atoms with Crippen LogP contribution in [0.15, 0.2) is 72.8 Å². The Morgan fingerprint density at radius 1 is 0.895 bits per heavy atom. The Kier molecular flexibility index (Phi) is 8.27. The van der Waals surface area contributed by atoms with Crippen LogP contribution < -0.4 is 14.8 Å². The van der Waals surface area contributed by atoms with Crippen molar-refractivity contribution >= 4 is 11.8 Å². The fraction of sp³-hybridized carbons (Fsp3) is 0.375. The molecule has 0 aromatic heterocycles. The molecular weight excluding hydrogens is 476 g/mol. The van der Waals surface area contributed by atoms with Crippen LogP contribution in [0.25, 0.3) is 0 Å². The Hall–Kier alpha value is -3.80. The number of carbonyl (C=O) groups excluding carboxylic acids is 2. The van der Waals surface area contributed by atoms with E-state index in [4.69, 9.17) is 9.47 Å². The van der Waals surface area contributed by atoms with Crippen molar-refractivity contribution in [3.8, 4) is 11.5 Å². The van der Waals surface area contributed by atoms with E-state index in [1.165, 1.54) is 0 Å². The molecule has 1 fully saturated rings. The molecule has 6 heteroatoms. The molecular formula is C32H36N2O4. The van der Waals surface area contributed by atoms with E-state index >= 15 is 0 Å². The third kappa shape index (κ3) is 6.55. The van der Waals surface area contributed by atoms with E-state index < -0.39 is 6.04 Å². The number of hydrogen-bond donors (Lipinski definition) is 1. The number of benzene rings is 3. The lowest BCUT2D eigenvalue weighted by atomic mass is 10.0. The van der Waals surface area contributed by atoms with Crippen molar-refractivity contribution in [1.29, 1.82) is 0 Å². The summed E-state index contributed by atoms with van der Waals surface area (Å²) in [6.07, 6.45) is 5.60. The Bertz CT molecular complexity index is 1250. The molecule has 6 nitrogen and oxygen atoms in total. The van der Waals surface area contributed by atoms with Crippen LogP contribution in [-0.4, -0.2) is 35.6 Å². The summed E-state index contributed by atoms with van der Waals surface area (Å²) < 4.78 is 10.9. The quantitative estimate of drug-likeness (QED) is 0.397. The van der Waals surface area contributed by atoms with Crippen molar-refractivity contribution in [1.82, 2.24) is 10.2 Å².